The molecule has 0 saturated heterocycles. The maximum absolute atomic E-state index is 15.6. The van der Waals surface area contributed by atoms with Gasteiger partial charge in [0.25, 0.3) is 0 Å². The molecule has 5 N–H and O–H groups in total. The van der Waals surface area contributed by atoms with Crippen molar-refractivity contribution in [2.45, 2.75) is 19.5 Å². The van der Waals surface area contributed by atoms with Gasteiger partial charge in [-0.05, 0) is 42.8 Å². The largest absolute Gasteiger partial charge is 0.497 e. The molecular formula is C25H25ClFN7O3. The number of methoxy groups -OCH3 is 1. The van der Waals surface area contributed by atoms with Gasteiger partial charge in [-0.15, -0.1) is 0 Å². The lowest BCUT2D eigenvalue weighted by Crippen LogP contribution is -2.36. The lowest BCUT2D eigenvalue weighted by Gasteiger charge is -2.14. The molecule has 12 heteroatoms. The van der Waals surface area contributed by atoms with E-state index in [2.05, 4.69) is 36.1 Å². The predicted molar refractivity (Wildman–Crippen MR) is 139 cm³/mol. The van der Waals surface area contributed by atoms with E-state index >= 15 is 4.39 Å². The summed E-state index contributed by atoms with van der Waals surface area (Å²) in [6.45, 7) is 2.37. The molecule has 2 heterocycles. The Kier molecular flexibility index (Phi) is 8.04. The fourth-order valence-corrected chi connectivity index (χ4v) is 3.84. The van der Waals surface area contributed by atoms with Crippen molar-refractivity contribution in [2.75, 3.05) is 24.3 Å². The van der Waals surface area contributed by atoms with Crippen LogP contribution in [0.25, 0.3) is 22.5 Å². The Hall–Kier alpha value is -4.38. The summed E-state index contributed by atoms with van der Waals surface area (Å²) < 4.78 is 20.8. The Bertz CT molecular complexity index is 1380. The van der Waals surface area contributed by atoms with Crippen molar-refractivity contribution in [3.05, 3.63) is 71.3 Å². The number of aromatic amines is 1. The van der Waals surface area contributed by atoms with Crippen molar-refractivity contribution in [1.29, 1.82) is 0 Å². The van der Waals surface area contributed by atoms with Gasteiger partial charge in [-0.3, -0.25) is 5.10 Å². The SMILES string of the molecule is COc1ccc(CNc2cc(Cl)cc(-c3[nH]ncc3-c3ccnc(NC[C@H](C)NC(=O)O)n3)c2F)cc1. The maximum Gasteiger partial charge on any atom is 0.404 e. The summed E-state index contributed by atoms with van der Waals surface area (Å²) in [6, 6.07) is 11.8. The monoisotopic (exact) mass is 525 g/mol. The van der Waals surface area contributed by atoms with E-state index < -0.39 is 11.9 Å². The number of halogens is 2. The quantitative estimate of drug-likeness (QED) is 0.195. The number of carboxylic acid groups (broad SMARTS) is 1. The smallest absolute Gasteiger partial charge is 0.404 e. The van der Waals surface area contributed by atoms with Crippen molar-refractivity contribution in [3.63, 3.8) is 0 Å². The number of amides is 1. The second-order valence-electron chi connectivity index (χ2n) is 8.17. The third-order valence-corrected chi connectivity index (χ3v) is 5.67. The summed E-state index contributed by atoms with van der Waals surface area (Å²) in [5.74, 6) is 0.530. The van der Waals surface area contributed by atoms with Crippen LogP contribution in [0.5, 0.6) is 5.75 Å². The molecule has 0 aliphatic heterocycles. The highest BCUT2D eigenvalue weighted by molar-refractivity contribution is 6.31. The highest BCUT2D eigenvalue weighted by Crippen LogP contribution is 2.36. The molecule has 0 saturated carbocycles. The van der Waals surface area contributed by atoms with Crippen LogP contribution in [0, 0.1) is 5.82 Å². The Morgan fingerprint density at radius 1 is 1.19 bits per heavy atom. The second-order valence-corrected chi connectivity index (χ2v) is 8.61. The standard InChI is InChI=1S/C25H25ClFN7O3/c1-14(32-25(35)36)11-30-24-28-8-7-20(33-24)19-13-31-34-23(19)18-9-16(26)10-21(22(18)27)29-12-15-3-5-17(37-2)6-4-15/h3-10,13-14,29,32H,11-12H2,1-2H3,(H,31,34)(H,35,36)(H,28,30,33)/t14-/m0/s1. The van der Waals surface area contributed by atoms with Gasteiger partial charge in [0.1, 0.15) is 5.75 Å². The van der Waals surface area contributed by atoms with Gasteiger partial charge >= 0.3 is 6.09 Å². The van der Waals surface area contributed by atoms with Crippen LogP contribution in [0.2, 0.25) is 5.02 Å². The number of ether oxygens (including phenoxy) is 1. The maximum atomic E-state index is 15.6. The van der Waals surface area contributed by atoms with E-state index in [1.807, 2.05) is 24.3 Å². The van der Waals surface area contributed by atoms with Gasteiger partial charge in [0.15, 0.2) is 5.82 Å². The zero-order chi connectivity index (χ0) is 26.4. The molecule has 2 aromatic heterocycles. The molecule has 192 valence electrons. The van der Waals surface area contributed by atoms with Crippen LogP contribution in [0.4, 0.5) is 20.8 Å². The van der Waals surface area contributed by atoms with E-state index in [1.54, 1.807) is 32.5 Å². The van der Waals surface area contributed by atoms with Gasteiger partial charge < -0.3 is 25.8 Å². The summed E-state index contributed by atoms with van der Waals surface area (Å²) >= 11 is 6.35. The average molecular weight is 526 g/mol. The number of hydrogen-bond donors (Lipinski definition) is 5. The Balaban J connectivity index is 1.56. The molecule has 0 aliphatic rings. The average Bonchev–Trinajstić information content (AvgIpc) is 3.38. The summed E-state index contributed by atoms with van der Waals surface area (Å²) in [5, 5.41) is 24.6. The highest BCUT2D eigenvalue weighted by Gasteiger charge is 2.19. The van der Waals surface area contributed by atoms with E-state index in [4.69, 9.17) is 21.4 Å². The number of aromatic nitrogens is 4. The van der Waals surface area contributed by atoms with Crippen LogP contribution >= 0.6 is 11.6 Å². The van der Waals surface area contributed by atoms with Crippen molar-refractivity contribution in [1.82, 2.24) is 25.5 Å². The second kappa shape index (κ2) is 11.6. The first-order valence-corrected chi connectivity index (χ1v) is 11.7. The molecule has 0 spiro atoms. The number of benzene rings is 2. The van der Waals surface area contributed by atoms with Gasteiger partial charge in [-0.2, -0.15) is 5.10 Å². The molecule has 0 fully saturated rings. The van der Waals surface area contributed by atoms with Crippen LogP contribution in [-0.2, 0) is 6.54 Å². The Labute approximate surface area is 217 Å². The van der Waals surface area contributed by atoms with Crippen molar-refractivity contribution in [2.24, 2.45) is 0 Å². The van der Waals surface area contributed by atoms with E-state index in [0.29, 0.717) is 28.5 Å². The molecule has 0 unspecified atom stereocenters. The van der Waals surface area contributed by atoms with Crippen LogP contribution < -0.4 is 20.7 Å². The molecule has 1 atom stereocenters. The lowest BCUT2D eigenvalue weighted by atomic mass is 10.0. The van der Waals surface area contributed by atoms with E-state index in [1.165, 1.54) is 12.1 Å². The van der Waals surface area contributed by atoms with Gasteiger partial charge in [0.2, 0.25) is 5.95 Å². The van der Waals surface area contributed by atoms with Crippen molar-refractivity contribution >= 4 is 29.3 Å². The molecule has 0 radical (unpaired) electrons. The molecule has 0 bridgehead atoms. The third kappa shape index (κ3) is 6.44. The van der Waals surface area contributed by atoms with Gasteiger partial charge in [0.05, 0.1) is 30.4 Å². The summed E-state index contributed by atoms with van der Waals surface area (Å²) in [7, 11) is 1.60. The number of nitrogens with zero attached hydrogens (tertiary/aromatic N) is 3. The fraction of sp³-hybridized carbons (Fsp3) is 0.200. The fourth-order valence-electron chi connectivity index (χ4n) is 3.63. The molecule has 1 amide bonds. The Morgan fingerprint density at radius 3 is 2.70 bits per heavy atom. The third-order valence-electron chi connectivity index (χ3n) is 5.46. The first-order chi connectivity index (χ1) is 17.8. The number of anilines is 2. The minimum Gasteiger partial charge on any atom is -0.497 e. The molecule has 2 aromatic carbocycles. The van der Waals surface area contributed by atoms with Crippen LogP contribution in [0.1, 0.15) is 12.5 Å². The van der Waals surface area contributed by atoms with Gasteiger partial charge in [0, 0.05) is 41.5 Å². The zero-order valence-corrected chi connectivity index (χ0v) is 20.8. The topological polar surface area (TPSA) is 137 Å². The lowest BCUT2D eigenvalue weighted by molar-refractivity contribution is 0.191. The minimum absolute atomic E-state index is 0.227. The molecule has 37 heavy (non-hydrogen) atoms. The van der Waals surface area contributed by atoms with Crippen molar-refractivity contribution < 1.29 is 19.0 Å². The number of H-pyrrole nitrogens is 1. The summed E-state index contributed by atoms with van der Waals surface area (Å²) in [4.78, 5) is 19.4. The van der Waals surface area contributed by atoms with E-state index in [9.17, 15) is 4.79 Å². The van der Waals surface area contributed by atoms with E-state index in [-0.39, 0.29) is 29.8 Å². The molecule has 4 aromatic rings. The number of carbonyl (C=O) groups is 1. The number of nitrogens with one attached hydrogen (secondary N) is 4. The van der Waals surface area contributed by atoms with Gasteiger partial charge in [-0.25, -0.2) is 19.2 Å². The number of rotatable bonds is 10. The number of hydrogen-bond acceptors (Lipinski definition) is 7. The molecular weight excluding hydrogens is 501 g/mol. The molecule has 10 nitrogen and oxygen atoms in total. The normalized spacial score (nSPS) is 11.6. The minimum atomic E-state index is -1.12. The van der Waals surface area contributed by atoms with Crippen molar-refractivity contribution in [3.8, 4) is 28.3 Å². The van der Waals surface area contributed by atoms with E-state index in [0.717, 1.165) is 11.3 Å². The predicted octanol–water partition coefficient (Wildman–Crippen LogP) is 5.01. The first-order valence-electron chi connectivity index (χ1n) is 11.3. The van der Waals surface area contributed by atoms with Gasteiger partial charge in [-0.1, -0.05) is 23.7 Å². The highest BCUT2D eigenvalue weighted by atomic mass is 35.5. The molecule has 4 rings (SSSR count). The summed E-state index contributed by atoms with van der Waals surface area (Å²) in [6.07, 6.45) is 1.97. The van der Waals surface area contributed by atoms with Crippen LogP contribution in [-0.4, -0.2) is 51.1 Å². The zero-order valence-electron chi connectivity index (χ0n) is 20.0. The first kappa shape index (κ1) is 25.7. The molecule has 0 aliphatic carbocycles. The van der Waals surface area contributed by atoms with Crippen LogP contribution in [0.15, 0.2) is 54.9 Å². The van der Waals surface area contributed by atoms with Crippen LogP contribution in [0.3, 0.4) is 0 Å². The Morgan fingerprint density at radius 2 is 1.97 bits per heavy atom. The summed E-state index contributed by atoms with van der Waals surface area (Å²) in [5.41, 5.74) is 2.85.